The number of phenols is 1. The molecule has 2 aromatic carbocycles. The Morgan fingerprint density at radius 3 is 2.33 bits per heavy atom. The van der Waals surface area contributed by atoms with Crippen molar-refractivity contribution in [3.8, 4) is 11.4 Å². The number of rotatable bonds is 4. The molecule has 2 aromatic heterocycles. The SMILES string of the molecule is Oc1ccc(N2C(=S)N[C@H](c3ccccn3)[C@@H]2c2cccn2-c2ccccc2)cc1. The highest BCUT2D eigenvalue weighted by Gasteiger charge is 2.42. The number of hydrogen-bond acceptors (Lipinski definition) is 3. The molecule has 1 fully saturated rings. The van der Waals surface area contributed by atoms with Gasteiger partial charge in [0.2, 0.25) is 0 Å². The summed E-state index contributed by atoms with van der Waals surface area (Å²) in [7, 11) is 0. The van der Waals surface area contributed by atoms with Crippen LogP contribution in [0.4, 0.5) is 5.69 Å². The Morgan fingerprint density at radius 2 is 1.60 bits per heavy atom. The molecule has 5 rings (SSSR count). The van der Waals surface area contributed by atoms with Crippen molar-refractivity contribution in [2.75, 3.05) is 4.90 Å². The number of benzene rings is 2. The van der Waals surface area contributed by atoms with Crippen molar-refractivity contribution in [1.29, 1.82) is 0 Å². The van der Waals surface area contributed by atoms with Crippen molar-refractivity contribution in [3.05, 3.63) is 109 Å². The van der Waals surface area contributed by atoms with E-state index in [4.69, 9.17) is 12.2 Å². The molecule has 0 bridgehead atoms. The molecule has 1 aliphatic rings. The van der Waals surface area contributed by atoms with Crippen molar-refractivity contribution < 1.29 is 5.11 Å². The van der Waals surface area contributed by atoms with Gasteiger partial charge in [-0.05, 0) is 72.9 Å². The zero-order chi connectivity index (χ0) is 20.5. The summed E-state index contributed by atoms with van der Waals surface area (Å²) in [6.45, 7) is 0. The van der Waals surface area contributed by atoms with E-state index in [0.29, 0.717) is 5.11 Å². The van der Waals surface area contributed by atoms with Gasteiger partial charge in [-0.3, -0.25) is 4.98 Å². The van der Waals surface area contributed by atoms with E-state index < -0.39 is 0 Å². The van der Waals surface area contributed by atoms with E-state index in [0.717, 1.165) is 22.8 Å². The first-order chi connectivity index (χ1) is 14.7. The molecule has 30 heavy (non-hydrogen) atoms. The van der Waals surface area contributed by atoms with Gasteiger partial charge in [0.05, 0.1) is 11.7 Å². The summed E-state index contributed by atoms with van der Waals surface area (Å²) in [5, 5.41) is 13.9. The van der Waals surface area contributed by atoms with Gasteiger partial charge < -0.3 is 19.9 Å². The third kappa shape index (κ3) is 3.21. The lowest BCUT2D eigenvalue weighted by atomic mass is 10.0. The van der Waals surface area contributed by atoms with E-state index in [9.17, 15) is 5.11 Å². The summed E-state index contributed by atoms with van der Waals surface area (Å²) in [6.07, 6.45) is 3.87. The van der Waals surface area contributed by atoms with Crippen LogP contribution in [0.5, 0.6) is 5.75 Å². The van der Waals surface area contributed by atoms with Crippen molar-refractivity contribution in [2.24, 2.45) is 0 Å². The number of para-hydroxylation sites is 1. The lowest BCUT2D eigenvalue weighted by Gasteiger charge is -2.29. The highest BCUT2D eigenvalue weighted by Crippen LogP contribution is 2.42. The number of thiocarbonyl (C=S) groups is 1. The number of nitrogens with one attached hydrogen (secondary N) is 1. The van der Waals surface area contributed by atoms with E-state index in [-0.39, 0.29) is 17.8 Å². The molecule has 6 heteroatoms. The molecule has 0 amide bonds. The van der Waals surface area contributed by atoms with E-state index in [1.54, 1.807) is 18.3 Å². The summed E-state index contributed by atoms with van der Waals surface area (Å²) in [4.78, 5) is 6.70. The molecule has 0 aliphatic carbocycles. The Labute approximate surface area is 180 Å². The monoisotopic (exact) mass is 412 g/mol. The minimum Gasteiger partial charge on any atom is -0.508 e. The Balaban J connectivity index is 1.67. The fraction of sp³-hybridized carbons (Fsp3) is 0.0833. The van der Waals surface area contributed by atoms with E-state index in [1.807, 2.05) is 54.6 Å². The lowest BCUT2D eigenvalue weighted by Crippen LogP contribution is -2.30. The highest BCUT2D eigenvalue weighted by atomic mass is 32.1. The first-order valence-electron chi connectivity index (χ1n) is 9.75. The largest absolute Gasteiger partial charge is 0.508 e. The predicted octanol–water partition coefficient (Wildman–Crippen LogP) is 4.76. The lowest BCUT2D eigenvalue weighted by molar-refractivity contribution is 0.475. The fourth-order valence-electron chi connectivity index (χ4n) is 4.01. The summed E-state index contributed by atoms with van der Waals surface area (Å²) >= 11 is 5.76. The van der Waals surface area contributed by atoms with Crippen LogP contribution in [0.25, 0.3) is 5.69 Å². The van der Waals surface area contributed by atoms with Crippen LogP contribution < -0.4 is 10.2 Å². The highest BCUT2D eigenvalue weighted by molar-refractivity contribution is 7.80. The van der Waals surface area contributed by atoms with Crippen molar-refractivity contribution in [2.45, 2.75) is 12.1 Å². The molecule has 0 saturated carbocycles. The Hall–Kier alpha value is -3.64. The van der Waals surface area contributed by atoms with Crippen LogP contribution in [0.2, 0.25) is 0 Å². The average Bonchev–Trinajstić information content (AvgIpc) is 3.40. The second-order valence-electron chi connectivity index (χ2n) is 7.15. The molecule has 0 radical (unpaired) electrons. The van der Waals surface area contributed by atoms with Gasteiger partial charge in [0, 0.05) is 29.5 Å². The van der Waals surface area contributed by atoms with Crippen LogP contribution in [0.15, 0.2) is 97.3 Å². The minimum atomic E-state index is -0.120. The predicted molar refractivity (Wildman–Crippen MR) is 122 cm³/mol. The van der Waals surface area contributed by atoms with E-state index in [2.05, 4.69) is 44.2 Å². The van der Waals surface area contributed by atoms with Crippen LogP contribution in [-0.4, -0.2) is 19.8 Å². The Kier molecular flexibility index (Phi) is 4.69. The van der Waals surface area contributed by atoms with Crippen LogP contribution in [0.3, 0.4) is 0 Å². The van der Waals surface area contributed by atoms with E-state index >= 15 is 0 Å². The second-order valence-corrected chi connectivity index (χ2v) is 7.54. The maximum Gasteiger partial charge on any atom is 0.174 e. The number of hydrogen-bond donors (Lipinski definition) is 2. The summed E-state index contributed by atoms with van der Waals surface area (Å²) < 4.78 is 2.18. The van der Waals surface area contributed by atoms with Gasteiger partial charge >= 0.3 is 0 Å². The van der Waals surface area contributed by atoms with Gasteiger partial charge in [0.15, 0.2) is 5.11 Å². The van der Waals surface area contributed by atoms with Crippen molar-refractivity contribution in [1.82, 2.24) is 14.9 Å². The number of aromatic nitrogens is 2. The molecule has 1 saturated heterocycles. The van der Waals surface area contributed by atoms with Gasteiger partial charge in [-0.25, -0.2) is 0 Å². The van der Waals surface area contributed by atoms with Crippen molar-refractivity contribution >= 4 is 23.0 Å². The van der Waals surface area contributed by atoms with E-state index in [1.165, 1.54) is 0 Å². The first kappa shape index (κ1) is 18.4. The van der Waals surface area contributed by atoms with Crippen LogP contribution in [-0.2, 0) is 0 Å². The Morgan fingerprint density at radius 1 is 0.833 bits per heavy atom. The first-order valence-corrected chi connectivity index (χ1v) is 10.2. The number of nitrogens with zero attached hydrogens (tertiary/aromatic N) is 3. The molecule has 4 aromatic rings. The molecule has 2 N–H and O–H groups in total. The molecule has 2 atom stereocenters. The van der Waals surface area contributed by atoms with Gasteiger partial charge in [-0.15, -0.1) is 0 Å². The maximum atomic E-state index is 9.76. The van der Waals surface area contributed by atoms with Crippen LogP contribution >= 0.6 is 12.2 Å². The maximum absolute atomic E-state index is 9.76. The molecule has 1 aliphatic heterocycles. The normalized spacial score (nSPS) is 18.4. The summed E-state index contributed by atoms with van der Waals surface area (Å²) in [5.41, 5.74) is 4.01. The summed E-state index contributed by atoms with van der Waals surface area (Å²) in [6, 6.07) is 27.2. The number of phenolic OH excluding ortho intramolecular Hbond substituents is 1. The van der Waals surface area contributed by atoms with Crippen LogP contribution in [0.1, 0.15) is 23.5 Å². The third-order valence-electron chi connectivity index (χ3n) is 5.34. The molecule has 0 unspecified atom stereocenters. The standard InChI is InChI=1S/C24H20N4OS/c29-19-13-11-18(12-14-19)28-23(22(26-24(28)30)20-9-4-5-15-25-20)21-10-6-16-27(21)17-7-2-1-3-8-17/h1-16,22-23,29H,(H,26,30)/t22-,23+/m1/s1. The smallest absolute Gasteiger partial charge is 0.174 e. The quantitative estimate of drug-likeness (QED) is 0.474. The van der Waals surface area contributed by atoms with Gasteiger partial charge in [0.1, 0.15) is 11.8 Å². The number of aromatic hydroxyl groups is 1. The molecule has 0 spiro atoms. The molecule has 148 valence electrons. The zero-order valence-corrected chi connectivity index (χ0v) is 16.9. The summed E-state index contributed by atoms with van der Waals surface area (Å²) in [5.74, 6) is 0.224. The van der Waals surface area contributed by atoms with Gasteiger partial charge in [-0.1, -0.05) is 24.3 Å². The molecule has 3 heterocycles. The zero-order valence-electron chi connectivity index (χ0n) is 16.1. The van der Waals surface area contributed by atoms with Crippen molar-refractivity contribution in [3.63, 3.8) is 0 Å². The number of anilines is 1. The third-order valence-corrected chi connectivity index (χ3v) is 5.66. The Bertz CT molecular complexity index is 1160. The topological polar surface area (TPSA) is 53.3 Å². The number of pyridine rings is 1. The van der Waals surface area contributed by atoms with Gasteiger partial charge in [-0.2, -0.15) is 0 Å². The molecule has 5 nitrogen and oxygen atoms in total. The minimum absolute atomic E-state index is 0.118. The second kappa shape index (κ2) is 7.65. The van der Waals surface area contributed by atoms with Crippen LogP contribution in [0, 0.1) is 0 Å². The molecular weight excluding hydrogens is 392 g/mol. The average molecular weight is 413 g/mol. The fourth-order valence-corrected chi connectivity index (χ4v) is 4.35. The molecular formula is C24H20N4OS. The van der Waals surface area contributed by atoms with Gasteiger partial charge in [0.25, 0.3) is 0 Å².